The zero-order valence-corrected chi connectivity index (χ0v) is 21.8. The molecule has 9 nitrogen and oxygen atoms in total. The van der Waals surface area contributed by atoms with Gasteiger partial charge in [-0.25, -0.2) is 15.0 Å². The minimum Gasteiger partial charge on any atom is -0.478 e. The molecular weight excluding hydrogens is 517 g/mol. The number of imide groups is 1. The standard InChI is InChI=1S/C27H33F3N4O5/c1-26(2,24(36)37)39-21-13-6-11-19(17-21)12-7-15-31-22-23(35)33(18-20-9-4-3-5-10-20)25(38)34(32-22)16-8-14-27(28,29)30/h3-6,9-11,13,17,22,31-32H,7-8,12,14-16,18H2,1-2H3,(H,36,37). The van der Waals surface area contributed by atoms with E-state index >= 15 is 0 Å². The lowest BCUT2D eigenvalue weighted by Crippen LogP contribution is -2.69. The SMILES string of the molecule is CC(C)(Oc1cccc(CCCNC2NN(CCCC(F)(F)F)C(=O)N(Cc3ccccc3)C2=O)c1)C(=O)O. The molecule has 0 aliphatic carbocycles. The second-order valence-corrected chi connectivity index (χ2v) is 9.75. The number of benzene rings is 2. The fourth-order valence-electron chi connectivity index (χ4n) is 3.95. The zero-order valence-electron chi connectivity index (χ0n) is 21.8. The number of amides is 3. The van der Waals surface area contributed by atoms with Crippen molar-refractivity contribution in [1.29, 1.82) is 0 Å². The number of carbonyl (C=O) groups excluding carboxylic acids is 2. The van der Waals surface area contributed by atoms with E-state index < -0.39 is 42.3 Å². The van der Waals surface area contributed by atoms with Gasteiger partial charge >= 0.3 is 18.2 Å². The van der Waals surface area contributed by atoms with E-state index in [2.05, 4.69) is 10.7 Å². The average molecular weight is 551 g/mol. The Labute approximate surface area is 224 Å². The Balaban J connectivity index is 1.61. The number of hydrazine groups is 1. The minimum absolute atomic E-state index is 0.00633. The van der Waals surface area contributed by atoms with Crippen LogP contribution in [0.25, 0.3) is 0 Å². The summed E-state index contributed by atoms with van der Waals surface area (Å²) in [5, 5.41) is 13.4. The monoisotopic (exact) mass is 550 g/mol. The molecule has 3 amide bonds. The summed E-state index contributed by atoms with van der Waals surface area (Å²) >= 11 is 0. The molecule has 1 fully saturated rings. The largest absolute Gasteiger partial charge is 0.478 e. The number of hydrogen-bond donors (Lipinski definition) is 3. The topological polar surface area (TPSA) is 111 Å². The number of ether oxygens (including phenoxy) is 1. The molecule has 0 spiro atoms. The number of urea groups is 1. The third kappa shape index (κ3) is 8.96. The van der Waals surface area contributed by atoms with Crippen LogP contribution in [0.3, 0.4) is 0 Å². The number of nitrogens with one attached hydrogen (secondary N) is 2. The van der Waals surface area contributed by atoms with E-state index in [4.69, 9.17) is 4.74 Å². The van der Waals surface area contributed by atoms with Crippen molar-refractivity contribution >= 4 is 17.9 Å². The van der Waals surface area contributed by atoms with Gasteiger partial charge in [-0.15, -0.1) is 0 Å². The third-order valence-electron chi connectivity index (χ3n) is 6.06. The van der Waals surface area contributed by atoms with Gasteiger partial charge in [-0.2, -0.15) is 13.2 Å². The molecule has 212 valence electrons. The first-order valence-corrected chi connectivity index (χ1v) is 12.6. The highest BCUT2D eigenvalue weighted by Crippen LogP contribution is 2.23. The van der Waals surface area contributed by atoms with Crippen LogP contribution in [0, 0.1) is 0 Å². The van der Waals surface area contributed by atoms with Crippen LogP contribution in [0.2, 0.25) is 0 Å². The number of halogens is 3. The molecule has 0 aromatic heterocycles. The van der Waals surface area contributed by atoms with Crippen molar-refractivity contribution in [2.24, 2.45) is 0 Å². The molecule has 0 radical (unpaired) electrons. The maximum Gasteiger partial charge on any atom is 0.389 e. The average Bonchev–Trinajstić information content (AvgIpc) is 2.86. The fraction of sp³-hybridized carbons (Fsp3) is 0.444. The summed E-state index contributed by atoms with van der Waals surface area (Å²) in [7, 11) is 0. The van der Waals surface area contributed by atoms with Crippen molar-refractivity contribution in [1.82, 2.24) is 20.7 Å². The number of nitrogens with zero attached hydrogens (tertiary/aromatic N) is 2. The van der Waals surface area contributed by atoms with Crippen molar-refractivity contribution < 1.29 is 37.4 Å². The number of alkyl halides is 3. The smallest absolute Gasteiger partial charge is 0.389 e. The van der Waals surface area contributed by atoms with Gasteiger partial charge in [0.15, 0.2) is 11.8 Å². The van der Waals surface area contributed by atoms with E-state index in [9.17, 15) is 32.7 Å². The van der Waals surface area contributed by atoms with E-state index in [0.717, 1.165) is 15.5 Å². The van der Waals surface area contributed by atoms with E-state index in [1.807, 2.05) is 6.07 Å². The molecule has 1 unspecified atom stereocenters. The fourth-order valence-corrected chi connectivity index (χ4v) is 3.95. The number of aryl methyl sites for hydroxylation is 1. The molecule has 0 saturated carbocycles. The van der Waals surface area contributed by atoms with Crippen molar-refractivity contribution in [2.45, 2.75) is 64.0 Å². The molecule has 39 heavy (non-hydrogen) atoms. The van der Waals surface area contributed by atoms with Gasteiger partial charge < -0.3 is 9.84 Å². The zero-order chi connectivity index (χ0) is 28.6. The van der Waals surface area contributed by atoms with Crippen LogP contribution in [0.15, 0.2) is 54.6 Å². The van der Waals surface area contributed by atoms with E-state index in [0.29, 0.717) is 30.7 Å². The summed E-state index contributed by atoms with van der Waals surface area (Å²) in [5.74, 6) is -1.20. The lowest BCUT2D eigenvalue weighted by molar-refractivity contribution is -0.152. The predicted molar refractivity (Wildman–Crippen MR) is 136 cm³/mol. The van der Waals surface area contributed by atoms with Gasteiger partial charge in [0.05, 0.1) is 6.54 Å². The quantitative estimate of drug-likeness (QED) is 0.322. The summed E-state index contributed by atoms with van der Waals surface area (Å²) in [4.78, 5) is 38.4. The number of carbonyl (C=O) groups is 3. The molecule has 1 atom stereocenters. The number of carboxylic acid groups (broad SMARTS) is 1. The summed E-state index contributed by atoms with van der Waals surface area (Å²) in [6.07, 6.45) is -5.53. The number of hydrogen-bond acceptors (Lipinski definition) is 6. The molecule has 2 aromatic carbocycles. The van der Waals surface area contributed by atoms with Crippen LogP contribution in [-0.2, 0) is 22.6 Å². The van der Waals surface area contributed by atoms with Gasteiger partial charge in [-0.1, -0.05) is 42.5 Å². The van der Waals surface area contributed by atoms with Crippen LogP contribution in [-0.4, -0.2) is 64.0 Å². The second-order valence-electron chi connectivity index (χ2n) is 9.75. The second kappa shape index (κ2) is 12.9. The molecule has 1 aliphatic rings. The van der Waals surface area contributed by atoms with Crippen LogP contribution >= 0.6 is 0 Å². The Bertz CT molecular complexity index is 1140. The van der Waals surface area contributed by atoms with Crippen LogP contribution < -0.4 is 15.5 Å². The molecule has 12 heteroatoms. The lowest BCUT2D eigenvalue weighted by atomic mass is 10.1. The Morgan fingerprint density at radius 2 is 1.74 bits per heavy atom. The van der Waals surface area contributed by atoms with Crippen molar-refractivity contribution in [3.63, 3.8) is 0 Å². The molecule has 2 aromatic rings. The van der Waals surface area contributed by atoms with Gasteiger partial charge in [0.2, 0.25) is 0 Å². The Morgan fingerprint density at radius 3 is 2.41 bits per heavy atom. The van der Waals surface area contributed by atoms with Gasteiger partial charge in [0.1, 0.15) is 5.75 Å². The van der Waals surface area contributed by atoms with Crippen LogP contribution in [0.1, 0.15) is 44.2 Å². The Kier molecular flexibility index (Phi) is 9.92. The molecule has 3 N–H and O–H groups in total. The Hall–Kier alpha value is -3.64. The van der Waals surface area contributed by atoms with Crippen LogP contribution in [0.5, 0.6) is 5.75 Å². The van der Waals surface area contributed by atoms with Crippen molar-refractivity contribution in [3.8, 4) is 5.75 Å². The van der Waals surface area contributed by atoms with E-state index in [1.54, 1.807) is 48.5 Å². The molecule has 1 saturated heterocycles. The minimum atomic E-state index is -4.35. The predicted octanol–water partition coefficient (Wildman–Crippen LogP) is 4.09. The van der Waals surface area contributed by atoms with Gasteiger partial charge in [0.25, 0.3) is 5.91 Å². The first-order chi connectivity index (χ1) is 18.4. The molecule has 1 aliphatic heterocycles. The molecular formula is C27H33F3N4O5. The van der Waals surface area contributed by atoms with Crippen LogP contribution in [0.4, 0.5) is 18.0 Å². The highest BCUT2D eigenvalue weighted by Gasteiger charge is 2.39. The normalized spacial score (nSPS) is 16.5. The van der Waals surface area contributed by atoms with Gasteiger partial charge in [-0.3, -0.25) is 20.0 Å². The number of rotatable bonds is 13. The summed E-state index contributed by atoms with van der Waals surface area (Å²) in [6.45, 7) is 3.05. The van der Waals surface area contributed by atoms with E-state index in [-0.39, 0.29) is 19.5 Å². The first kappa shape index (κ1) is 29.9. The third-order valence-corrected chi connectivity index (χ3v) is 6.06. The highest BCUT2D eigenvalue weighted by molar-refractivity contribution is 5.98. The highest BCUT2D eigenvalue weighted by atomic mass is 19.4. The van der Waals surface area contributed by atoms with E-state index in [1.165, 1.54) is 13.8 Å². The molecule has 3 rings (SSSR count). The molecule has 0 bridgehead atoms. The van der Waals surface area contributed by atoms with Gasteiger partial charge in [0, 0.05) is 13.0 Å². The summed E-state index contributed by atoms with van der Waals surface area (Å²) in [5.41, 5.74) is 2.96. The molecule has 1 heterocycles. The van der Waals surface area contributed by atoms with Crippen molar-refractivity contribution in [3.05, 3.63) is 65.7 Å². The Morgan fingerprint density at radius 1 is 1.05 bits per heavy atom. The number of aliphatic carboxylic acids is 1. The maximum atomic E-state index is 13.1. The maximum absolute atomic E-state index is 13.1. The number of carboxylic acids is 1. The first-order valence-electron chi connectivity index (χ1n) is 12.6. The van der Waals surface area contributed by atoms with Crippen molar-refractivity contribution in [2.75, 3.05) is 13.1 Å². The van der Waals surface area contributed by atoms with Gasteiger partial charge in [-0.05, 0) is 62.9 Å². The lowest BCUT2D eigenvalue weighted by Gasteiger charge is -2.39. The summed E-state index contributed by atoms with van der Waals surface area (Å²) in [6, 6.07) is 15.2. The summed E-state index contributed by atoms with van der Waals surface area (Å²) < 4.78 is 43.6.